The minimum absolute atomic E-state index is 0.168. The first-order valence-electron chi connectivity index (χ1n) is 4.81. The van der Waals surface area contributed by atoms with Crippen LogP contribution in [0.1, 0.15) is 18.1 Å². The lowest BCUT2D eigenvalue weighted by molar-refractivity contribution is -0.114. The van der Waals surface area contributed by atoms with Crippen LogP contribution in [-0.2, 0) is 17.9 Å². The van der Waals surface area contributed by atoms with Crippen molar-refractivity contribution in [2.45, 2.75) is 24.9 Å². The van der Waals surface area contributed by atoms with Crippen LogP contribution >= 0.6 is 11.8 Å². The highest BCUT2D eigenvalue weighted by atomic mass is 32.2. The SMILES string of the molecule is CC(=O)CSc1cc(CN)ccc1CN. The molecule has 15 heavy (non-hydrogen) atoms. The Labute approximate surface area is 94.2 Å². The lowest BCUT2D eigenvalue weighted by Gasteiger charge is -2.08. The normalized spacial score (nSPS) is 10.3. The zero-order valence-corrected chi connectivity index (χ0v) is 9.64. The van der Waals surface area contributed by atoms with Gasteiger partial charge in [-0.15, -0.1) is 11.8 Å². The van der Waals surface area contributed by atoms with Crippen molar-refractivity contribution < 1.29 is 4.79 Å². The molecule has 0 aliphatic heterocycles. The van der Waals surface area contributed by atoms with Crippen LogP contribution in [0.3, 0.4) is 0 Å². The van der Waals surface area contributed by atoms with Gasteiger partial charge in [0.25, 0.3) is 0 Å². The number of hydrogen-bond donors (Lipinski definition) is 2. The van der Waals surface area contributed by atoms with Gasteiger partial charge in [0, 0.05) is 18.0 Å². The number of hydrogen-bond acceptors (Lipinski definition) is 4. The summed E-state index contributed by atoms with van der Waals surface area (Å²) in [5.41, 5.74) is 13.3. The molecule has 0 aliphatic carbocycles. The second kappa shape index (κ2) is 5.90. The molecule has 0 spiro atoms. The Kier molecular flexibility index (Phi) is 4.81. The lowest BCUT2D eigenvalue weighted by Crippen LogP contribution is -2.03. The van der Waals surface area contributed by atoms with E-state index in [0.717, 1.165) is 16.0 Å². The third kappa shape index (κ3) is 3.66. The van der Waals surface area contributed by atoms with Crippen molar-refractivity contribution >= 4 is 17.5 Å². The quantitative estimate of drug-likeness (QED) is 0.739. The summed E-state index contributed by atoms with van der Waals surface area (Å²) >= 11 is 1.52. The van der Waals surface area contributed by atoms with Crippen LogP contribution in [0.2, 0.25) is 0 Å². The molecule has 0 aliphatic rings. The Hall–Kier alpha value is -0.840. The van der Waals surface area contributed by atoms with E-state index in [0.29, 0.717) is 18.8 Å². The van der Waals surface area contributed by atoms with Gasteiger partial charge in [0.05, 0.1) is 5.75 Å². The van der Waals surface area contributed by atoms with Gasteiger partial charge in [0.2, 0.25) is 0 Å². The van der Waals surface area contributed by atoms with Crippen molar-refractivity contribution in [3.63, 3.8) is 0 Å². The minimum atomic E-state index is 0.168. The molecule has 0 bridgehead atoms. The number of ketones is 1. The Morgan fingerprint density at radius 1 is 1.33 bits per heavy atom. The van der Waals surface area contributed by atoms with Crippen molar-refractivity contribution in [2.75, 3.05) is 5.75 Å². The van der Waals surface area contributed by atoms with Gasteiger partial charge >= 0.3 is 0 Å². The van der Waals surface area contributed by atoms with Crippen molar-refractivity contribution in [1.82, 2.24) is 0 Å². The van der Waals surface area contributed by atoms with E-state index in [1.807, 2.05) is 18.2 Å². The van der Waals surface area contributed by atoms with Gasteiger partial charge in [0.15, 0.2) is 0 Å². The van der Waals surface area contributed by atoms with Crippen molar-refractivity contribution in [2.24, 2.45) is 11.5 Å². The second-order valence-corrected chi connectivity index (χ2v) is 4.36. The summed E-state index contributed by atoms with van der Waals surface area (Å²) < 4.78 is 0. The van der Waals surface area contributed by atoms with Crippen molar-refractivity contribution in [3.05, 3.63) is 29.3 Å². The molecule has 4 N–H and O–H groups in total. The van der Waals surface area contributed by atoms with E-state index in [2.05, 4.69) is 0 Å². The first-order chi connectivity index (χ1) is 7.17. The first kappa shape index (κ1) is 12.2. The van der Waals surface area contributed by atoms with Crippen LogP contribution in [0.15, 0.2) is 23.1 Å². The van der Waals surface area contributed by atoms with Gasteiger partial charge in [0.1, 0.15) is 5.78 Å². The summed E-state index contributed by atoms with van der Waals surface area (Å²) in [6, 6.07) is 5.96. The van der Waals surface area contributed by atoms with Gasteiger partial charge in [-0.25, -0.2) is 0 Å². The average Bonchev–Trinajstić information content (AvgIpc) is 2.25. The molecule has 0 heterocycles. The highest BCUT2D eigenvalue weighted by Gasteiger charge is 2.04. The third-order valence-electron chi connectivity index (χ3n) is 2.02. The number of nitrogens with two attached hydrogens (primary N) is 2. The summed E-state index contributed by atoms with van der Waals surface area (Å²) in [5.74, 6) is 0.655. The van der Waals surface area contributed by atoms with Crippen LogP contribution in [0, 0.1) is 0 Å². The molecule has 0 radical (unpaired) electrons. The summed E-state index contributed by atoms with van der Waals surface area (Å²) in [6.07, 6.45) is 0. The van der Waals surface area contributed by atoms with E-state index in [-0.39, 0.29) is 5.78 Å². The van der Waals surface area contributed by atoms with Gasteiger partial charge in [-0.05, 0) is 24.1 Å². The predicted molar refractivity (Wildman–Crippen MR) is 63.6 cm³/mol. The third-order valence-corrected chi connectivity index (χ3v) is 3.26. The van der Waals surface area contributed by atoms with Gasteiger partial charge in [-0.1, -0.05) is 12.1 Å². The predicted octanol–water partition coefficient (Wildman–Crippen LogP) is 1.29. The standard InChI is InChI=1S/C11H16N2OS/c1-8(14)7-15-11-4-9(5-12)2-3-10(11)6-13/h2-4H,5-7,12-13H2,1H3. The molecule has 0 fully saturated rings. The summed E-state index contributed by atoms with van der Waals surface area (Å²) in [7, 11) is 0. The fourth-order valence-corrected chi connectivity index (χ4v) is 2.14. The Bertz CT molecular complexity index is 352. The number of rotatable bonds is 5. The first-order valence-corrected chi connectivity index (χ1v) is 5.80. The molecule has 1 aromatic carbocycles. The highest BCUT2D eigenvalue weighted by Crippen LogP contribution is 2.24. The average molecular weight is 224 g/mol. The number of benzene rings is 1. The number of carbonyl (C=O) groups is 1. The van der Waals surface area contributed by atoms with Crippen molar-refractivity contribution in [3.8, 4) is 0 Å². The molecular formula is C11H16N2OS. The van der Waals surface area contributed by atoms with Crippen LogP contribution in [0.4, 0.5) is 0 Å². The fraction of sp³-hybridized carbons (Fsp3) is 0.364. The van der Waals surface area contributed by atoms with Gasteiger partial charge in [-0.3, -0.25) is 4.79 Å². The molecule has 0 saturated heterocycles. The van der Waals surface area contributed by atoms with Gasteiger partial charge in [-0.2, -0.15) is 0 Å². The number of Topliss-reactive ketones (excluding diaryl/α,β-unsaturated/α-hetero) is 1. The van der Waals surface area contributed by atoms with E-state index < -0.39 is 0 Å². The Balaban J connectivity index is 2.85. The zero-order valence-electron chi connectivity index (χ0n) is 8.82. The molecule has 0 saturated carbocycles. The molecule has 1 aromatic rings. The smallest absolute Gasteiger partial charge is 0.140 e. The van der Waals surface area contributed by atoms with E-state index >= 15 is 0 Å². The molecular weight excluding hydrogens is 208 g/mol. The van der Waals surface area contributed by atoms with Crippen LogP contribution in [0.5, 0.6) is 0 Å². The summed E-state index contributed by atoms with van der Waals surface area (Å²) in [6.45, 7) is 2.59. The maximum absolute atomic E-state index is 10.9. The molecule has 0 atom stereocenters. The highest BCUT2D eigenvalue weighted by molar-refractivity contribution is 8.00. The van der Waals surface area contributed by atoms with E-state index in [9.17, 15) is 4.79 Å². The number of thioether (sulfide) groups is 1. The number of carbonyl (C=O) groups excluding carboxylic acids is 1. The molecule has 82 valence electrons. The molecule has 0 unspecified atom stereocenters. The molecule has 1 rings (SSSR count). The Morgan fingerprint density at radius 2 is 2.07 bits per heavy atom. The zero-order chi connectivity index (χ0) is 11.3. The second-order valence-electron chi connectivity index (χ2n) is 3.34. The monoisotopic (exact) mass is 224 g/mol. The maximum atomic E-state index is 10.9. The topological polar surface area (TPSA) is 69.1 Å². The van der Waals surface area contributed by atoms with E-state index in [4.69, 9.17) is 11.5 Å². The van der Waals surface area contributed by atoms with Gasteiger partial charge < -0.3 is 11.5 Å². The molecule has 0 aromatic heterocycles. The van der Waals surface area contributed by atoms with E-state index in [1.54, 1.807) is 6.92 Å². The fourth-order valence-electron chi connectivity index (χ4n) is 1.21. The molecule has 3 nitrogen and oxygen atoms in total. The minimum Gasteiger partial charge on any atom is -0.326 e. The maximum Gasteiger partial charge on any atom is 0.140 e. The van der Waals surface area contributed by atoms with Crippen LogP contribution < -0.4 is 11.5 Å². The van der Waals surface area contributed by atoms with Crippen LogP contribution in [0.25, 0.3) is 0 Å². The molecule has 4 heteroatoms. The molecule has 0 amide bonds. The Morgan fingerprint density at radius 3 is 2.60 bits per heavy atom. The van der Waals surface area contributed by atoms with Crippen LogP contribution in [-0.4, -0.2) is 11.5 Å². The summed E-state index contributed by atoms with van der Waals surface area (Å²) in [5, 5.41) is 0. The summed E-state index contributed by atoms with van der Waals surface area (Å²) in [4.78, 5) is 12.0. The lowest BCUT2D eigenvalue weighted by atomic mass is 10.1. The van der Waals surface area contributed by atoms with E-state index in [1.165, 1.54) is 11.8 Å². The largest absolute Gasteiger partial charge is 0.326 e. The van der Waals surface area contributed by atoms with Crippen molar-refractivity contribution in [1.29, 1.82) is 0 Å².